The maximum atomic E-state index is 12.4. The van der Waals surface area contributed by atoms with Crippen LogP contribution in [0.15, 0.2) is 29.3 Å². The SMILES string of the molecule is CCNC(=NCc1ccccc1OC(F)(F)F)NCCC(=O)OC(C)C. The molecule has 1 aromatic carbocycles. The second-order valence-corrected chi connectivity index (χ2v) is 5.57. The number of esters is 1. The van der Waals surface area contributed by atoms with Crippen molar-refractivity contribution in [2.24, 2.45) is 4.99 Å². The van der Waals surface area contributed by atoms with Crippen LogP contribution in [0.4, 0.5) is 13.2 Å². The van der Waals surface area contributed by atoms with Gasteiger partial charge in [0.05, 0.1) is 19.1 Å². The fourth-order valence-electron chi connectivity index (χ4n) is 1.97. The van der Waals surface area contributed by atoms with Crippen molar-refractivity contribution in [2.75, 3.05) is 13.1 Å². The molecular formula is C17H24F3N3O3. The van der Waals surface area contributed by atoms with Crippen molar-refractivity contribution >= 4 is 11.9 Å². The highest BCUT2D eigenvalue weighted by Gasteiger charge is 2.31. The number of hydrogen-bond acceptors (Lipinski definition) is 4. The normalized spacial score (nSPS) is 12.0. The highest BCUT2D eigenvalue weighted by atomic mass is 19.4. The van der Waals surface area contributed by atoms with Crippen molar-refractivity contribution < 1.29 is 27.4 Å². The second-order valence-electron chi connectivity index (χ2n) is 5.57. The summed E-state index contributed by atoms with van der Waals surface area (Å²) in [5, 5.41) is 5.90. The molecule has 0 unspecified atom stereocenters. The molecule has 0 saturated heterocycles. The van der Waals surface area contributed by atoms with Crippen molar-refractivity contribution in [2.45, 2.75) is 46.2 Å². The summed E-state index contributed by atoms with van der Waals surface area (Å²) in [7, 11) is 0. The molecule has 0 bridgehead atoms. The maximum Gasteiger partial charge on any atom is 0.573 e. The molecule has 146 valence electrons. The second kappa shape index (κ2) is 10.5. The Morgan fingerprint density at radius 2 is 1.92 bits per heavy atom. The third-order valence-corrected chi connectivity index (χ3v) is 2.94. The Morgan fingerprint density at radius 1 is 1.23 bits per heavy atom. The Bertz CT molecular complexity index is 604. The number of benzene rings is 1. The highest BCUT2D eigenvalue weighted by molar-refractivity contribution is 5.80. The van der Waals surface area contributed by atoms with Crippen LogP contribution in [0.5, 0.6) is 5.75 Å². The van der Waals surface area contributed by atoms with Gasteiger partial charge < -0.3 is 20.1 Å². The van der Waals surface area contributed by atoms with Gasteiger partial charge in [-0.2, -0.15) is 0 Å². The highest BCUT2D eigenvalue weighted by Crippen LogP contribution is 2.26. The molecule has 0 aliphatic heterocycles. The third kappa shape index (κ3) is 9.14. The zero-order valence-electron chi connectivity index (χ0n) is 15.0. The Morgan fingerprint density at radius 3 is 2.54 bits per heavy atom. The van der Waals surface area contributed by atoms with E-state index >= 15 is 0 Å². The number of halogens is 3. The Hall–Kier alpha value is -2.45. The van der Waals surface area contributed by atoms with Crippen molar-refractivity contribution in [1.82, 2.24) is 10.6 Å². The van der Waals surface area contributed by atoms with Gasteiger partial charge in [-0.1, -0.05) is 18.2 Å². The Kier molecular flexibility index (Phi) is 8.74. The van der Waals surface area contributed by atoms with Gasteiger partial charge >= 0.3 is 12.3 Å². The molecule has 0 spiro atoms. The van der Waals surface area contributed by atoms with Gasteiger partial charge in [-0.05, 0) is 26.8 Å². The number of hydrogen-bond donors (Lipinski definition) is 2. The molecular weight excluding hydrogens is 351 g/mol. The van der Waals surface area contributed by atoms with Gasteiger partial charge in [0.2, 0.25) is 0 Å². The molecule has 0 fully saturated rings. The summed E-state index contributed by atoms with van der Waals surface area (Å²) < 4.78 is 46.4. The molecule has 0 aromatic heterocycles. The van der Waals surface area contributed by atoms with Crippen molar-refractivity contribution in [1.29, 1.82) is 0 Å². The molecule has 1 rings (SSSR count). The minimum absolute atomic E-state index is 0.0158. The van der Waals surface area contributed by atoms with Crippen LogP contribution >= 0.6 is 0 Å². The van der Waals surface area contributed by atoms with E-state index in [1.807, 2.05) is 6.92 Å². The van der Waals surface area contributed by atoms with E-state index in [1.165, 1.54) is 18.2 Å². The van der Waals surface area contributed by atoms with Crippen molar-refractivity contribution in [3.05, 3.63) is 29.8 Å². The first-order valence-corrected chi connectivity index (χ1v) is 8.26. The van der Waals surface area contributed by atoms with E-state index in [0.29, 0.717) is 18.1 Å². The van der Waals surface area contributed by atoms with Gasteiger partial charge in [0.25, 0.3) is 0 Å². The predicted molar refractivity (Wildman–Crippen MR) is 91.8 cm³/mol. The average Bonchev–Trinajstić information content (AvgIpc) is 2.51. The molecule has 0 radical (unpaired) electrons. The zero-order valence-corrected chi connectivity index (χ0v) is 15.0. The van der Waals surface area contributed by atoms with E-state index in [-0.39, 0.29) is 37.3 Å². The van der Waals surface area contributed by atoms with E-state index in [1.54, 1.807) is 19.9 Å². The first-order valence-electron chi connectivity index (χ1n) is 8.26. The predicted octanol–water partition coefficient (Wildman–Crippen LogP) is 2.98. The van der Waals surface area contributed by atoms with Crippen LogP contribution in [0.2, 0.25) is 0 Å². The van der Waals surface area contributed by atoms with Crippen LogP contribution in [0, 0.1) is 0 Å². The van der Waals surface area contributed by atoms with Gasteiger partial charge in [-0.15, -0.1) is 13.2 Å². The van der Waals surface area contributed by atoms with Crippen LogP contribution in [-0.2, 0) is 16.1 Å². The monoisotopic (exact) mass is 375 g/mol. The summed E-state index contributed by atoms with van der Waals surface area (Å²) in [5.74, 6) is -0.251. The quantitative estimate of drug-likeness (QED) is 0.415. The lowest BCUT2D eigenvalue weighted by molar-refractivity contribution is -0.274. The number of guanidine groups is 1. The first kappa shape index (κ1) is 21.6. The number of rotatable bonds is 8. The topological polar surface area (TPSA) is 72.0 Å². The lowest BCUT2D eigenvalue weighted by atomic mass is 10.2. The van der Waals surface area contributed by atoms with Gasteiger partial charge in [0.1, 0.15) is 5.75 Å². The average molecular weight is 375 g/mol. The van der Waals surface area contributed by atoms with E-state index < -0.39 is 6.36 Å². The van der Waals surface area contributed by atoms with Crippen LogP contribution in [0.3, 0.4) is 0 Å². The summed E-state index contributed by atoms with van der Waals surface area (Å²) in [5.41, 5.74) is 0.293. The summed E-state index contributed by atoms with van der Waals surface area (Å²) in [6.07, 6.45) is -4.80. The lowest BCUT2D eigenvalue weighted by Gasteiger charge is -2.14. The molecule has 0 aliphatic carbocycles. The van der Waals surface area contributed by atoms with Crippen LogP contribution in [0.1, 0.15) is 32.8 Å². The summed E-state index contributed by atoms with van der Waals surface area (Å²) in [6, 6.07) is 5.81. The minimum Gasteiger partial charge on any atom is -0.463 e. The molecule has 0 heterocycles. The molecule has 6 nitrogen and oxygen atoms in total. The number of carbonyl (C=O) groups excluding carboxylic acids is 1. The van der Waals surface area contributed by atoms with E-state index in [9.17, 15) is 18.0 Å². The zero-order chi connectivity index (χ0) is 19.6. The van der Waals surface area contributed by atoms with Gasteiger partial charge in [-0.3, -0.25) is 4.79 Å². The van der Waals surface area contributed by atoms with E-state index in [2.05, 4.69) is 20.4 Å². The fourth-order valence-corrected chi connectivity index (χ4v) is 1.97. The molecule has 0 atom stereocenters. The van der Waals surface area contributed by atoms with Crippen LogP contribution < -0.4 is 15.4 Å². The standard InChI is InChI=1S/C17H24F3N3O3/c1-4-21-16(22-10-9-15(24)25-12(2)3)23-11-13-7-5-6-8-14(13)26-17(18,19)20/h5-8,12H,4,9-11H2,1-3H3,(H2,21,22,23). The summed E-state index contributed by atoms with van der Waals surface area (Å²) in [6.45, 7) is 6.21. The van der Waals surface area contributed by atoms with Crippen molar-refractivity contribution in [3.8, 4) is 5.75 Å². The number of nitrogens with one attached hydrogen (secondary N) is 2. The maximum absolute atomic E-state index is 12.4. The number of para-hydroxylation sites is 1. The van der Waals surface area contributed by atoms with Gasteiger partial charge in [0, 0.05) is 18.7 Å². The Balaban J connectivity index is 2.68. The number of alkyl halides is 3. The number of aliphatic imine (C=N–C) groups is 1. The van der Waals surface area contributed by atoms with Crippen LogP contribution in [-0.4, -0.2) is 37.5 Å². The fraction of sp³-hybridized carbons (Fsp3) is 0.529. The molecule has 9 heteroatoms. The van der Waals surface area contributed by atoms with Gasteiger partial charge in [-0.25, -0.2) is 4.99 Å². The van der Waals surface area contributed by atoms with E-state index in [4.69, 9.17) is 4.74 Å². The molecule has 26 heavy (non-hydrogen) atoms. The molecule has 2 N–H and O–H groups in total. The minimum atomic E-state index is -4.76. The summed E-state index contributed by atoms with van der Waals surface area (Å²) in [4.78, 5) is 15.7. The largest absolute Gasteiger partial charge is 0.573 e. The molecule has 0 amide bonds. The first-order chi connectivity index (χ1) is 12.2. The summed E-state index contributed by atoms with van der Waals surface area (Å²) >= 11 is 0. The number of ether oxygens (including phenoxy) is 2. The Labute approximate surface area is 150 Å². The molecule has 1 aromatic rings. The molecule has 0 aliphatic rings. The number of nitrogens with zero attached hydrogens (tertiary/aromatic N) is 1. The third-order valence-electron chi connectivity index (χ3n) is 2.94. The van der Waals surface area contributed by atoms with Crippen molar-refractivity contribution in [3.63, 3.8) is 0 Å². The molecule has 0 saturated carbocycles. The smallest absolute Gasteiger partial charge is 0.463 e. The van der Waals surface area contributed by atoms with Gasteiger partial charge in [0.15, 0.2) is 5.96 Å². The lowest BCUT2D eigenvalue weighted by Crippen LogP contribution is -2.38. The van der Waals surface area contributed by atoms with Crippen LogP contribution in [0.25, 0.3) is 0 Å². The van der Waals surface area contributed by atoms with E-state index in [0.717, 1.165) is 0 Å². The number of carbonyl (C=O) groups is 1.